The maximum Gasteiger partial charge on any atom is 0.328 e. The van der Waals surface area contributed by atoms with Gasteiger partial charge in [-0.15, -0.1) is 0 Å². The van der Waals surface area contributed by atoms with E-state index < -0.39 is 27.8 Å². The minimum atomic E-state index is -3.43. The number of hydrogen-bond acceptors (Lipinski definition) is 5. The first-order valence-corrected chi connectivity index (χ1v) is 8.11. The second-order valence-electron chi connectivity index (χ2n) is 4.73. The summed E-state index contributed by atoms with van der Waals surface area (Å²) >= 11 is 0. The predicted molar refractivity (Wildman–Crippen MR) is 72.8 cm³/mol. The maximum absolute atomic E-state index is 12.4. The molecule has 1 aromatic rings. The number of carboxylic acids is 1. The fourth-order valence-electron chi connectivity index (χ4n) is 2.08. The first-order valence-electron chi connectivity index (χ1n) is 6.22. The van der Waals surface area contributed by atoms with Crippen LogP contribution in [0.4, 0.5) is 0 Å². The van der Waals surface area contributed by atoms with E-state index in [9.17, 15) is 18.0 Å². The molecule has 1 heterocycles. The number of hydrogen-bond donors (Lipinski definition) is 1. The van der Waals surface area contributed by atoms with Crippen molar-refractivity contribution in [2.75, 3.05) is 26.0 Å². The van der Waals surface area contributed by atoms with Gasteiger partial charge in [0.25, 0.3) is 5.91 Å². The van der Waals surface area contributed by atoms with Crippen LogP contribution in [0.2, 0.25) is 0 Å². The molecule has 0 radical (unpaired) electrons. The standard InChI is InChI=1S/C13H15NO6S/c1-21(18,19)10-4-2-3-9(7-10)12(15)14-5-6-20-8-11(14)13(16)17/h2-4,7,11H,5-6,8H2,1H3,(H,16,17). The van der Waals surface area contributed by atoms with Crippen LogP contribution < -0.4 is 0 Å². The molecule has 114 valence electrons. The van der Waals surface area contributed by atoms with Crippen LogP contribution in [0.15, 0.2) is 29.2 Å². The van der Waals surface area contributed by atoms with Gasteiger partial charge in [0.1, 0.15) is 0 Å². The summed E-state index contributed by atoms with van der Waals surface area (Å²) in [5, 5.41) is 9.12. The molecule has 1 N–H and O–H groups in total. The second kappa shape index (κ2) is 5.82. The van der Waals surface area contributed by atoms with Gasteiger partial charge in [-0.1, -0.05) is 6.07 Å². The maximum atomic E-state index is 12.4. The fraction of sp³-hybridized carbons (Fsp3) is 0.385. The summed E-state index contributed by atoms with van der Waals surface area (Å²) in [5.74, 6) is -1.67. The summed E-state index contributed by atoms with van der Waals surface area (Å²) in [7, 11) is -3.43. The minimum Gasteiger partial charge on any atom is -0.480 e. The van der Waals surface area contributed by atoms with Gasteiger partial charge in [-0.05, 0) is 18.2 Å². The lowest BCUT2D eigenvalue weighted by Crippen LogP contribution is -2.52. The van der Waals surface area contributed by atoms with Gasteiger partial charge in [0.05, 0.1) is 18.1 Å². The molecule has 0 bridgehead atoms. The van der Waals surface area contributed by atoms with E-state index in [1.807, 2.05) is 0 Å². The number of ether oxygens (including phenoxy) is 1. The second-order valence-corrected chi connectivity index (χ2v) is 6.74. The van der Waals surface area contributed by atoms with E-state index in [4.69, 9.17) is 9.84 Å². The summed E-state index contributed by atoms with van der Waals surface area (Å²) in [5.41, 5.74) is 0.145. The van der Waals surface area contributed by atoms with Crippen molar-refractivity contribution >= 4 is 21.7 Å². The Bertz CT molecular complexity index is 669. The number of benzene rings is 1. The van der Waals surface area contributed by atoms with Crippen LogP contribution in [-0.4, -0.2) is 62.4 Å². The predicted octanol–water partition coefficient (Wildman–Crippen LogP) is 0.0157. The summed E-state index contributed by atoms with van der Waals surface area (Å²) in [6.45, 7) is 0.326. The Morgan fingerprint density at radius 2 is 2.10 bits per heavy atom. The van der Waals surface area contributed by atoms with Gasteiger partial charge in [-0.2, -0.15) is 0 Å². The Morgan fingerprint density at radius 1 is 1.38 bits per heavy atom. The van der Waals surface area contributed by atoms with Crippen molar-refractivity contribution in [1.82, 2.24) is 4.90 Å². The third kappa shape index (κ3) is 3.40. The molecule has 0 aromatic heterocycles. The zero-order valence-electron chi connectivity index (χ0n) is 11.4. The van der Waals surface area contributed by atoms with Crippen molar-refractivity contribution < 1.29 is 27.9 Å². The van der Waals surface area contributed by atoms with Crippen molar-refractivity contribution in [3.63, 3.8) is 0 Å². The van der Waals surface area contributed by atoms with Gasteiger partial charge in [0.15, 0.2) is 15.9 Å². The van der Waals surface area contributed by atoms with Crippen molar-refractivity contribution in [1.29, 1.82) is 0 Å². The first kappa shape index (κ1) is 15.5. The Kier molecular flexibility index (Phi) is 4.29. The molecule has 8 heteroatoms. The van der Waals surface area contributed by atoms with Crippen LogP contribution in [0.5, 0.6) is 0 Å². The number of nitrogens with zero attached hydrogens (tertiary/aromatic N) is 1. The number of carbonyl (C=O) groups is 2. The van der Waals surface area contributed by atoms with Crippen molar-refractivity contribution in [3.8, 4) is 0 Å². The molecule has 0 saturated carbocycles. The first-order chi connectivity index (χ1) is 9.80. The van der Waals surface area contributed by atoms with E-state index in [2.05, 4.69) is 0 Å². The number of carbonyl (C=O) groups excluding carboxylic acids is 1. The van der Waals surface area contributed by atoms with Gasteiger partial charge in [0, 0.05) is 18.4 Å². The number of aliphatic carboxylic acids is 1. The third-order valence-corrected chi connectivity index (χ3v) is 4.29. The SMILES string of the molecule is CS(=O)(=O)c1cccc(C(=O)N2CCOCC2C(=O)O)c1. The Balaban J connectivity index is 2.33. The molecule has 21 heavy (non-hydrogen) atoms. The van der Waals surface area contributed by atoms with E-state index in [1.165, 1.54) is 29.2 Å². The van der Waals surface area contributed by atoms with Crippen molar-refractivity contribution in [3.05, 3.63) is 29.8 Å². The zero-order valence-corrected chi connectivity index (χ0v) is 12.2. The van der Waals surface area contributed by atoms with Crippen LogP contribution in [0.3, 0.4) is 0 Å². The molecule has 1 unspecified atom stereocenters. The fourth-order valence-corrected chi connectivity index (χ4v) is 2.74. The molecule has 1 saturated heterocycles. The van der Waals surface area contributed by atoms with Crippen molar-refractivity contribution in [2.45, 2.75) is 10.9 Å². The molecule has 1 aliphatic heterocycles. The van der Waals surface area contributed by atoms with E-state index in [0.717, 1.165) is 6.26 Å². The Morgan fingerprint density at radius 3 is 2.71 bits per heavy atom. The van der Waals surface area contributed by atoms with E-state index in [-0.39, 0.29) is 30.2 Å². The summed E-state index contributed by atoms with van der Waals surface area (Å²) in [6, 6.07) is 4.50. The van der Waals surface area contributed by atoms with Gasteiger partial charge in [-0.25, -0.2) is 13.2 Å². The number of carboxylic acid groups (broad SMARTS) is 1. The summed E-state index contributed by atoms with van der Waals surface area (Å²) in [6.07, 6.45) is 1.05. The van der Waals surface area contributed by atoms with Crippen LogP contribution in [0.1, 0.15) is 10.4 Å². The smallest absolute Gasteiger partial charge is 0.328 e. The lowest BCUT2D eigenvalue weighted by molar-refractivity contribution is -0.147. The van der Waals surface area contributed by atoms with Crippen LogP contribution in [0, 0.1) is 0 Å². The molecule has 0 spiro atoms. The average molecular weight is 313 g/mol. The van der Waals surface area contributed by atoms with Gasteiger partial charge in [-0.3, -0.25) is 4.79 Å². The average Bonchev–Trinajstić information content (AvgIpc) is 2.45. The van der Waals surface area contributed by atoms with Crippen molar-refractivity contribution in [2.24, 2.45) is 0 Å². The normalized spacial score (nSPS) is 19.3. The topological polar surface area (TPSA) is 101 Å². The number of amides is 1. The molecule has 1 aliphatic rings. The Labute approximate surface area is 122 Å². The minimum absolute atomic E-state index is 0.0217. The molecular formula is C13H15NO6S. The molecule has 2 rings (SSSR count). The largest absolute Gasteiger partial charge is 0.480 e. The van der Waals surface area contributed by atoms with Gasteiger partial charge in [0.2, 0.25) is 0 Å². The molecule has 0 aliphatic carbocycles. The monoisotopic (exact) mass is 313 g/mol. The highest BCUT2D eigenvalue weighted by atomic mass is 32.2. The molecular weight excluding hydrogens is 298 g/mol. The van der Waals surface area contributed by atoms with Gasteiger partial charge < -0.3 is 14.7 Å². The van der Waals surface area contributed by atoms with Crippen LogP contribution in [-0.2, 0) is 19.4 Å². The lowest BCUT2D eigenvalue weighted by Gasteiger charge is -2.32. The quantitative estimate of drug-likeness (QED) is 0.844. The summed E-state index contributed by atoms with van der Waals surface area (Å²) in [4.78, 5) is 24.8. The zero-order chi connectivity index (χ0) is 15.6. The highest BCUT2D eigenvalue weighted by molar-refractivity contribution is 7.90. The molecule has 1 fully saturated rings. The Hall–Kier alpha value is -1.93. The molecule has 1 atom stereocenters. The number of morpholine rings is 1. The van der Waals surface area contributed by atoms with E-state index in [1.54, 1.807) is 0 Å². The number of rotatable bonds is 3. The van der Waals surface area contributed by atoms with Crippen LogP contribution >= 0.6 is 0 Å². The molecule has 7 nitrogen and oxygen atoms in total. The third-order valence-electron chi connectivity index (χ3n) is 3.18. The summed E-state index contributed by atoms with van der Waals surface area (Å²) < 4.78 is 28.1. The van der Waals surface area contributed by atoms with E-state index >= 15 is 0 Å². The molecule has 1 amide bonds. The number of sulfone groups is 1. The highest BCUT2D eigenvalue weighted by Gasteiger charge is 2.33. The molecule has 1 aromatic carbocycles. The van der Waals surface area contributed by atoms with Gasteiger partial charge >= 0.3 is 5.97 Å². The highest BCUT2D eigenvalue weighted by Crippen LogP contribution is 2.16. The lowest BCUT2D eigenvalue weighted by atomic mass is 10.1. The van der Waals surface area contributed by atoms with E-state index in [0.29, 0.717) is 0 Å². The van der Waals surface area contributed by atoms with Crippen LogP contribution in [0.25, 0.3) is 0 Å².